The van der Waals surface area contributed by atoms with E-state index in [9.17, 15) is 4.79 Å². The van der Waals surface area contributed by atoms with Crippen LogP contribution < -0.4 is 4.98 Å². The summed E-state index contributed by atoms with van der Waals surface area (Å²) >= 11 is 0. The molecule has 126 valence electrons. The number of carbonyl (C=O) groups is 1. The molecular weight excluding hydrogens is 320 g/mol. The lowest BCUT2D eigenvalue weighted by molar-refractivity contribution is -0.137. The normalized spacial score (nSPS) is 14.0. The van der Waals surface area contributed by atoms with Gasteiger partial charge in [-0.05, 0) is 37.7 Å². The number of hydrogen-bond acceptors (Lipinski definition) is 3. The fourth-order valence-corrected chi connectivity index (χ4v) is 4.62. The SMILES string of the molecule is C[Si](C)(C)NC(Cc1c[nH]c2ccccc12)C(=O)O[Si](C)(C)C. The summed E-state index contributed by atoms with van der Waals surface area (Å²) in [4.78, 5) is 19.5. The number of benzene rings is 1. The average Bonchev–Trinajstić information content (AvgIpc) is 2.78. The standard InChI is InChI=1S/C17H28N2O2Si2/c1-22(2,3)19-16(17(20)21-23(4,5)6)11-13-12-18-15-10-8-7-9-14(13)15/h7-10,12,16,18-19H,11H2,1-6H3. The molecule has 0 spiro atoms. The minimum atomic E-state index is -1.90. The highest BCUT2D eigenvalue weighted by molar-refractivity contribution is 6.74. The van der Waals surface area contributed by atoms with E-state index in [2.05, 4.69) is 41.7 Å². The molecule has 0 bridgehead atoms. The third-order valence-corrected chi connectivity index (χ3v) is 5.43. The predicted octanol–water partition coefficient (Wildman–Crippen LogP) is 3.88. The van der Waals surface area contributed by atoms with Gasteiger partial charge in [-0.3, -0.25) is 4.79 Å². The maximum Gasteiger partial charge on any atom is 0.309 e. The number of carbonyl (C=O) groups excluding carboxylic acids is 1. The molecule has 6 heteroatoms. The first kappa shape index (κ1) is 18.0. The first-order chi connectivity index (χ1) is 10.6. The Balaban J connectivity index is 2.25. The van der Waals surface area contributed by atoms with Crippen LogP contribution in [-0.4, -0.2) is 33.5 Å². The Labute approximate surface area is 140 Å². The fourth-order valence-electron chi connectivity index (χ4n) is 2.61. The minimum Gasteiger partial charge on any atom is -0.519 e. The summed E-state index contributed by atoms with van der Waals surface area (Å²) < 4.78 is 5.76. The summed E-state index contributed by atoms with van der Waals surface area (Å²) in [5.41, 5.74) is 2.26. The maximum atomic E-state index is 12.7. The summed E-state index contributed by atoms with van der Waals surface area (Å²) in [6.45, 7) is 12.7. The van der Waals surface area contributed by atoms with Crippen molar-refractivity contribution in [3.05, 3.63) is 36.0 Å². The first-order valence-electron chi connectivity index (χ1n) is 8.11. The van der Waals surface area contributed by atoms with Gasteiger partial charge >= 0.3 is 5.97 Å². The Kier molecular flexibility index (Phi) is 5.18. The summed E-state index contributed by atoms with van der Waals surface area (Å²) in [6.07, 6.45) is 2.66. The van der Waals surface area contributed by atoms with Gasteiger partial charge in [-0.2, -0.15) is 0 Å². The van der Waals surface area contributed by atoms with Gasteiger partial charge in [-0.15, -0.1) is 0 Å². The Hall–Kier alpha value is -1.38. The molecule has 0 amide bonds. The molecule has 0 aliphatic heterocycles. The van der Waals surface area contributed by atoms with E-state index in [1.54, 1.807) is 0 Å². The van der Waals surface area contributed by atoms with Crippen molar-refractivity contribution in [1.82, 2.24) is 9.97 Å². The Bertz CT molecular complexity index is 684. The van der Waals surface area contributed by atoms with Crippen molar-refractivity contribution in [3.63, 3.8) is 0 Å². The highest BCUT2D eigenvalue weighted by Gasteiger charge is 2.30. The van der Waals surface area contributed by atoms with E-state index in [0.717, 1.165) is 11.1 Å². The zero-order chi connectivity index (χ0) is 17.3. The third-order valence-electron chi connectivity index (χ3n) is 3.40. The molecule has 1 aromatic carbocycles. The molecule has 2 rings (SSSR count). The van der Waals surface area contributed by atoms with Crippen molar-refractivity contribution in [2.75, 3.05) is 0 Å². The van der Waals surface area contributed by atoms with Crippen molar-refractivity contribution >= 4 is 33.4 Å². The van der Waals surface area contributed by atoms with E-state index in [1.807, 2.05) is 38.0 Å². The highest BCUT2D eigenvalue weighted by Crippen LogP contribution is 2.20. The van der Waals surface area contributed by atoms with Crippen LogP contribution in [0.3, 0.4) is 0 Å². The molecule has 1 atom stereocenters. The Morgan fingerprint density at radius 2 is 1.83 bits per heavy atom. The first-order valence-corrected chi connectivity index (χ1v) is 15.0. The van der Waals surface area contributed by atoms with Gasteiger partial charge in [0.1, 0.15) is 14.3 Å². The summed E-state index contributed by atoms with van der Waals surface area (Å²) in [5, 5.41) is 1.18. The molecule has 0 aliphatic rings. The maximum absolute atomic E-state index is 12.7. The van der Waals surface area contributed by atoms with E-state index < -0.39 is 16.6 Å². The predicted molar refractivity (Wildman–Crippen MR) is 102 cm³/mol. The topological polar surface area (TPSA) is 54.1 Å². The number of hydrogen-bond donors (Lipinski definition) is 2. The van der Waals surface area contributed by atoms with E-state index in [-0.39, 0.29) is 12.0 Å². The number of fused-ring (bicyclic) bond motifs is 1. The number of rotatable bonds is 6. The number of nitrogens with one attached hydrogen (secondary N) is 2. The quantitative estimate of drug-likeness (QED) is 0.779. The average molecular weight is 349 g/mol. The minimum absolute atomic E-state index is 0.114. The van der Waals surface area contributed by atoms with Gasteiger partial charge in [0, 0.05) is 17.1 Å². The summed E-state index contributed by atoms with van der Waals surface area (Å²) in [7, 11) is -3.50. The second-order valence-corrected chi connectivity index (χ2v) is 17.3. The van der Waals surface area contributed by atoms with E-state index >= 15 is 0 Å². The summed E-state index contributed by atoms with van der Waals surface area (Å²) in [6, 6.07) is 7.91. The lowest BCUT2D eigenvalue weighted by Crippen LogP contribution is -2.54. The Morgan fingerprint density at radius 3 is 2.43 bits per heavy atom. The van der Waals surface area contributed by atoms with Crippen molar-refractivity contribution < 1.29 is 9.22 Å². The number of aromatic nitrogens is 1. The monoisotopic (exact) mass is 348 g/mol. The largest absolute Gasteiger partial charge is 0.519 e. The van der Waals surface area contributed by atoms with Gasteiger partial charge < -0.3 is 14.4 Å². The van der Waals surface area contributed by atoms with Crippen LogP contribution in [0.1, 0.15) is 5.56 Å². The number of para-hydroxylation sites is 1. The van der Waals surface area contributed by atoms with Crippen LogP contribution in [0.4, 0.5) is 0 Å². The molecule has 0 radical (unpaired) electrons. The van der Waals surface area contributed by atoms with Crippen molar-refractivity contribution in [2.45, 2.75) is 51.7 Å². The lowest BCUT2D eigenvalue weighted by Gasteiger charge is -2.28. The van der Waals surface area contributed by atoms with Crippen LogP contribution in [0.2, 0.25) is 39.3 Å². The van der Waals surface area contributed by atoms with Crippen LogP contribution >= 0.6 is 0 Å². The molecule has 1 heterocycles. The highest BCUT2D eigenvalue weighted by atomic mass is 28.4. The Morgan fingerprint density at radius 1 is 1.17 bits per heavy atom. The smallest absolute Gasteiger partial charge is 0.309 e. The fraction of sp³-hybridized carbons (Fsp3) is 0.471. The molecule has 2 N–H and O–H groups in total. The van der Waals surface area contributed by atoms with Gasteiger partial charge in [0.15, 0.2) is 0 Å². The zero-order valence-electron chi connectivity index (χ0n) is 15.0. The number of aromatic amines is 1. The lowest BCUT2D eigenvalue weighted by atomic mass is 10.1. The summed E-state index contributed by atoms with van der Waals surface area (Å²) in [5.74, 6) is -0.114. The van der Waals surface area contributed by atoms with Crippen LogP contribution in [-0.2, 0) is 15.6 Å². The molecule has 0 aliphatic carbocycles. The molecule has 4 nitrogen and oxygen atoms in total. The third kappa shape index (κ3) is 5.33. The number of H-pyrrole nitrogens is 1. The van der Waals surface area contributed by atoms with E-state index in [4.69, 9.17) is 4.43 Å². The molecule has 1 aromatic heterocycles. The van der Waals surface area contributed by atoms with Crippen molar-refractivity contribution in [3.8, 4) is 0 Å². The second kappa shape index (κ2) is 6.62. The zero-order valence-corrected chi connectivity index (χ0v) is 17.0. The van der Waals surface area contributed by atoms with Gasteiger partial charge in [-0.25, -0.2) is 0 Å². The van der Waals surface area contributed by atoms with Crippen LogP contribution in [0, 0.1) is 0 Å². The van der Waals surface area contributed by atoms with Crippen molar-refractivity contribution in [2.24, 2.45) is 0 Å². The van der Waals surface area contributed by atoms with E-state index in [1.165, 1.54) is 5.39 Å². The van der Waals surface area contributed by atoms with Gasteiger partial charge in [0.2, 0.25) is 8.32 Å². The molecule has 1 unspecified atom stereocenters. The van der Waals surface area contributed by atoms with E-state index in [0.29, 0.717) is 6.42 Å². The van der Waals surface area contributed by atoms with Gasteiger partial charge in [0.05, 0.1) is 0 Å². The molecule has 0 fully saturated rings. The molecule has 0 saturated heterocycles. The molecule has 2 aromatic rings. The second-order valence-electron chi connectivity index (χ2n) is 8.04. The van der Waals surface area contributed by atoms with Crippen LogP contribution in [0.5, 0.6) is 0 Å². The van der Waals surface area contributed by atoms with Crippen molar-refractivity contribution in [1.29, 1.82) is 0 Å². The molecule has 23 heavy (non-hydrogen) atoms. The van der Waals surface area contributed by atoms with Crippen LogP contribution in [0.25, 0.3) is 10.9 Å². The molecular formula is C17H28N2O2Si2. The van der Waals surface area contributed by atoms with Gasteiger partial charge in [-0.1, -0.05) is 37.8 Å². The van der Waals surface area contributed by atoms with Crippen LogP contribution in [0.15, 0.2) is 30.5 Å². The van der Waals surface area contributed by atoms with Gasteiger partial charge in [0.25, 0.3) is 0 Å². The molecule has 0 saturated carbocycles.